The highest BCUT2D eigenvalue weighted by atomic mass is 79.9. The zero-order chi connectivity index (χ0) is 18.5. The number of nitrogens with one attached hydrogen (secondary N) is 4. The average Bonchev–Trinajstić information content (AvgIpc) is 3.26. The summed E-state index contributed by atoms with van der Waals surface area (Å²) >= 11 is 7.07. The fourth-order valence-corrected chi connectivity index (χ4v) is 4.55. The monoisotopic (exact) mass is 486 g/mol. The number of fused-ring (bicyclic) bond motifs is 2. The molecule has 5 rings (SSSR count). The first-order chi connectivity index (χ1) is 13.1. The maximum Gasteiger partial charge on any atom is 0.241 e. The van der Waals surface area contributed by atoms with E-state index in [-0.39, 0.29) is 11.9 Å². The van der Waals surface area contributed by atoms with Gasteiger partial charge in [-0.1, -0.05) is 31.9 Å². The summed E-state index contributed by atoms with van der Waals surface area (Å²) < 4.78 is 2.03. The minimum absolute atomic E-state index is 0.00635. The van der Waals surface area contributed by atoms with Crippen molar-refractivity contribution in [3.8, 4) is 0 Å². The molecule has 7 heteroatoms. The number of carbonyl (C=O) groups excluding carboxylic acids is 1. The first-order valence-electron chi connectivity index (χ1n) is 8.67. The van der Waals surface area contributed by atoms with Gasteiger partial charge < -0.3 is 15.3 Å². The smallest absolute Gasteiger partial charge is 0.241 e. The van der Waals surface area contributed by atoms with E-state index in [0.717, 1.165) is 41.9 Å². The molecule has 1 amide bonds. The Labute approximate surface area is 172 Å². The molecule has 2 atom stereocenters. The van der Waals surface area contributed by atoms with E-state index in [9.17, 15) is 4.79 Å². The molecule has 27 heavy (non-hydrogen) atoms. The lowest BCUT2D eigenvalue weighted by atomic mass is 9.98. The molecule has 0 radical (unpaired) electrons. The Morgan fingerprint density at radius 3 is 2.11 bits per heavy atom. The van der Waals surface area contributed by atoms with Gasteiger partial charge in [-0.2, -0.15) is 0 Å². The predicted octanol–water partition coefficient (Wildman–Crippen LogP) is 4.68. The molecule has 4 N–H and O–H groups in total. The van der Waals surface area contributed by atoms with Gasteiger partial charge in [-0.3, -0.25) is 10.1 Å². The number of H-pyrrole nitrogens is 2. The minimum Gasteiger partial charge on any atom is -0.361 e. The first-order valence-corrected chi connectivity index (χ1v) is 10.3. The number of hydrogen-bond acceptors (Lipinski definition) is 2. The molecule has 2 aromatic heterocycles. The van der Waals surface area contributed by atoms with Gasteiger partial charge in [-0.25, -0.2) is 0 Å². The SMILES string of the molecule is O=C1NCC(c2c[nH]c3ccc(Br)cc23)NC1c1c[nH]c2ccc(Br)cc12. The van der Waals surface area contributed by atoms with E-state index in [1.165, 1.54) is 0 Å². The highest BCUT2D eigenvalue weighted by Crippen LogP contribution is 2.33. The van der Waals surface area contributed by atoms with Crippen molar-refractivity contribution in [1.82, 2.24) is 20.6 Å². The zero-order valence-electron chi connectivity index (χ0n) is 14.1. The molecule has 0 bridgehead atoms. The van der Waals surface area contributed by atoms with Crippen molar-refractivity contribution in [3.63, 3.8) is 0 Å². The molecule has 1 fully saturated rings. The van der Waals surface area contributed by atoms with Crippen LogP contribution in [0.15, 0.2) is 57.7 Å². The van der Waals surface area contributed by atoms with Crippen LogP contribution in [0, 0.1) is 0 Å². The molecule has 2 unspecified atom stereocenters. The van der Waals surface area contributed by atoms with Crippen LogP contribution in [-0.2, 0) is 4.79 Å². The number of halogens is 2. The van der Waals surface area contributed by atoms with Gasteiger partial charge >= 0.3 is 0 Å². The van der Waals surface area contributed by atoms with Gasteiger partial charge in [0.15, 0.2) is 0 Å². The van der Waals surface area contributed by atoms with Crippen molar-refractivity contribution in [2.75, 3.05) is 6.54 Å². The Kier molecular flexibility index (Phi) is 4.11. The van der Waals surface area contributed by atoms with Crippen LogP contribution in [0.2, 0.25) is 0 Å². The quantitative estimate of drug-likeness (QED) is 0.331. The van der Waals surface area contributed by atoms with E-state index >= 15 is 0 Å². The standard InChI is InChI=1S/C20H16Br2N4O/c21-10-1-3-16-12(5-10)14(7-23-16)18-9-25-20(27)19(26-18)15-8-24-17-4-2-11(22)6-13(15)17/h1-8,18-19,23-24,26H,9H2,(H,25,27). The summed E-state index contributed by atoms with van der Waals surface area (Å²) in [4.78, 5) is 19.2. The Hall–Kier alpha value is -2.09. The second-order valence-corrected chi connectivity index (χ2v) is 8.60. The van der Waals surface area contributed by atoms with Gasteiger partial charge in [0, 0.05) is 55.3 Å². The van der Waals surface area contributed by atoms with Gasteiger partial charge in [0.25, 0.3) is 0 Å². The third-order valence-corrected chi connectivity index (χ3v) is 6.13. The second-order valence-electron chi connectivity index (χ2n) is 6.77. The molecule has 3 heterocycles. The maximum atomic E-state index is 12.6. The minimum atomic E-state index is -0.413. The lowest BCUT2D eigenvalue weighted by Gasteiger charge is -2.31. The van der Waals surface area contributed by atoms with Crippen molar-refractivity contribution in [1.29, 1.82) is 0 Å². The lowest BCUT2D eigenvalue weighted by Crippen LogP contribution is -2.49. The molecular formula is C20H16Br2N4O. The average molecular weight is 488 g/mol. The number of piperazine rings is 1. The van der Waals surface area contributed by atoms with Crippen LogP contribution < -0.4 is 10.6 Å². The van der Waals surface area contributed by atoms with Crippen molar-refractivity contribution in [2.24, 2.45) is 0 Å². The molecule has 2 aromatic carbocycles. The van der Waals surface area contributed by atoms with Gasteiger partial charge in [0.1, 0.15) is 6.04 Å². The van der Waals surface area contributed by atoms with Crippen LogP contribution in [0.25, 0.3) is 21.8 Å². The highest BCUT2D eigenvalue weighted by molar-refractivity contribution is 9.10. The van der Waals surface area contributed by atoms with Crippen LogP contribution in [0.1, 0.15) is 23.2 Å². The van der Waals surface area contributed by atoms with Crippen LogP contribution in [0.3, 0.4) is 0 Å². The third-order valence-electron chi connectivity index (χ3n) is 5.15. The molecule has 0 spiro atoms. The van der Waals surface area contributed by atoms with Crippen molar-refractivity contribution in [2.45, 2.75) is 12.1 Å². The number of hydrogen-bond donors (Lipinski definition) is 4. The van der Waals surface area contributed by atoms with Gasteiger partial charge in [0.05, 0.1) is 6.04 Å². The molecule has 1 aliphatic rings. The summed E-state index contributed by atoms with van der Waals surface area (Å²) in [6.45, 7) is 0.556. The van der Waals surface area contributed by atoms with E-state index in [1.807, 2.05) is 36.7 Å². The summed E-state index contributed by atoms with van der Waals surface area (Å²) in [5.41, 5.74) is 4.20. The Morgan fingerprint density at radius 2 is 1.44 bits per heavy atom. The number of aromatic amines is 2. The molecule has 1 saturated heterocycles. The van der Waals surface area contributed by atoms with E-state index in [1.54, 1.807) is 0 Å². The number of amides is 1. The Bertz CT molecular complexity index is 1180. The van der Waals surface area contributed by atoms with Crippen LogP contribution >= 0.6 is 31.9 Å². The van der Waals surface area contributed by atoms with Crippen molar-refractivity contribution >= 4 is 59.6 Å². The number of aromatic nitrogens is 2. The Morgan fingerprint density at radius 1 is 0.852 bits per heavy atom. The van der Waals surface area contributed by atoms with Crippen LogP contribution in [0.4, 0.5) is 0 Å². The third kappa shape index (κ3) is 2.90. The number of rotatable bonds is 2. The predicted molar refractivity (Wildman–Crippen MR) is 114 cm³/mol. The van der Waals surface area contributed by atoms with Crippen molar-refractivity contribution < 1.29 is 4.79 Å². The fourth-order valence-electron chi connectivity index (χ4n) is 3.83. The summed E-state index contributed by atoms with van der Waals surface area (Å²) in [6.07, 6.45) is 3.94. The van der Waals surface area contributed by atoms with E-state index in [0.29, 0.717) is 6.54 Å². The summed E-state index contributed by atoms with van der Waals surface area (Å²) in [7, 11) is 0. The normalized spacial score (nSPS) is 20.3. The molecule has 0 saturated carbocycles. The molecule has 5 nitrogen and oxygen atoms in total. The molecule has 1 aliphatic heterocycles. The maximum absolute atomic E-state index is 12.6. The van der Waals surface area contributed by atoms with Gasteiger partial charge in [0.2, 0.25) is 5.91 Å². The topological polar surface area (TPSA) is 72.7 Å². The second kappa shape index (κ2) is 6.51. The van der Waals surface area contributed by atoms with Gasteiger partial charge in [-0.15, -0.1) is 0 Å². The lowest BCUT2D eigenvalue weighted by molar-refractivity contribution is -0.125. The molecular weight excluding hydrogens is 472 g/mol. The largest absolute Gasteiger partial charge is 0.361 e. The number of benzene rings is 2. The Balaban J connectivity index is 1.55. The molecule has 136 valence electrons. The zero-order valence-corrected chi connectivity index (χ0v) is 17.3. The van der Waals surface area contributed by atoms with E-state index < -0.39 is 6.04 Å². The van der Waals surface area contributed by atoms with Gasteiger partial charge in [-0.05, 0) is 42.0 Å². The van der Waals surface area contributed by atoms with Crippen LogP contribution in [0.5, 0.6) is 0 Å². The van der Waals surface area contributed by atoms with Crippen molar-refractivity contribution in [3.05, 3.63) is 68.9 Å². The molecule has 4 aromatic rings. The summed E-state index contributed by atoms with van der Waals surface area (Å²) in [5, 5.41) is 8.81. The number of carbonyl (C=O) groups is 1. The van der Waals surface area contributed by atoms with E-state index in [4.69, 9.17) is 0 Å². The summed E-state index contributed by atoms with van der Waals surface area (Å²) in [6, 6.07) is 11.8. The highest BCUT2D eigenvalue weighted by Gasteiger charge is 2.32. The summed E-state index contributed by atoms with van der Waals surface area (Å²) in [5.74, 6) is -0.00635. The fraction of sp³-hybridized carbons (Fsp3) is 0.150. The van der Waals surface area contributed by atoms with Crippen LogP contribution in [-0.4, -0.2) is 22.4 Å². The first kappa shape index (κ1) is 17.0. The molecule has 0 aliphatic carbocycles. The van der Waals surface area contributed by atoms with E-state index in [2.05, 4.69) is 64.6 Å².